The van der Waals surface area contributed by atoms with Gasteiger partial charge in [-0.05, 0) is 18.9 Å². The van der Waals surface area contributed by atoms with Crippen molar-refractivity contribution in [3.05, 3.63) is 35.9 Å². The SMILES string of the molecule is CCCCOCCOC(=O)[C@H]1O[C@]1(C)c1ccccc1. The van der Waals surface area contributed by atoms with E-state index in [0.29, 0.717) is 6.61 Å². The number of unbranched alkanes of at least 4 members (excludes halogenated alkanes) is 1. The minimum Gasteiger partial charge on any atom is -0.461 e. The molecule has 0 spiro atoms. The fraction of sp³-hybridized carbons (Fsp3) is 0.562. The van der Waals surface area contributed by atoms with Crippen molar-refractivity contribution in [3.63, 3.8) is 0 Å². The number of esters is 1. The van der Waals surface area contributed by atoms with Crippen molar-refractivity contribution in [1.29, 1.82) is 0 Å². The summed E-state index contributed by atoms with van der Waals surface area (Å²) in [4.78, 5) is 11.9. The van der Waals surface area contributed by atoms with E-state index in [1.165, 1.54) is 0 Å². The van der Waals surface area contributed by atoms with E-state index < -0.39 is 11.7 Å². The molecule has 0 unspecified atom stereocenters. The van der Waals surface area contributed by atoms with Crippen LogP contribution in [0.5, 0.6) is 0 Å². The molecule has 0 radical (unpaired) electrons. The predicted molar refractivity (Wildman–Crippen MR) is 75.4 cm³/mol. The lowest BCUT2D eigenvalue weighted by atomic mass is 9.97. The van der Waals surface area contributed by atoms with E-state index in [4.69, 9.17) is 14.2 Å². The van der Waals surface area contributed by atoms with Crippen molar-refractivity contribution in [2.45, 2.75) is 38.4 Å². The topological polar surface area (TPSA) is 48.1 Å². The van der Waals surface area contributed by atoms with Crippen molar-refractivity contribution in [2.75, 3.05) is 19.8 Å². The number of hydrogen-bond donors (Lipinski definition) is 0. The van der Waals surface area contributed by atoms with Gasteiger partial charge < -0.3 is 14.2 Å². The second kappa shape index (κ2) is 6.86. The van der Waals surface area contributed by atoms with Gasteiger partial charge in [0.05, 0.1) is 6.61 Å². The Morgan fingerprint density at radius 1 is 1.25 bits per heavy atom. The molecule has 2 atom stereocenters. The summed E-state index contributed by atoms with van der Waals surface area (Å²) in [6.07, 6.45) is 1.64. The third kappa shape index (κ3) is 3.58. The highest BCUT2D eigenvalue weighted by atomic mass is 16.7. The van der Waals surface area contributed by atoms with Crippen molar-refractivity contribution < 1.29 is 19.0 Å². The second-order valence-corrected chi connectivity index (χ2v) is 5.10. The highest BCUT2D eigenvalue weighted by molar-refractivity contribution is 5.79. The van der Waals surface area contributed by atoms with Gasteiger partial charge in [-0.3, -0.25) is 0 Å². The molecule has 1 heterocycles. The van der Waals surface area contributed by atoms with Gasteiger partial charge in [-0.25, -0.2) is 4.79 Å². The standard InChI is InChI=1S/C16H22O4/c1-3-4-10-18-11-12-19-15(17)14-16(2,20-14)13-8-6-5-7-9-13/h5-9,14H,3-4,10-12H2,1-2H3/t14-,16-/m1/s1. The number of epoxide rings is 1. The summed E-state index contributed by atoms with van der Waals surface area (Å²) < 4.78 is 16.0. The fourth-order valence-electron chi connectivity index (χ4n) is 2.10. The summed E-state index contributed by atoms with van der Waals surface area (Å²) in [5, 5.41) is 0. The molecule has 2 rings (SSSR count). The summed E-state index contributed by atoms with van der Waals surface area (Å²) in [5.41, 5.74) is 0.461. The maximum absolute atomic E-state index is 11.9. The minimum absolute atomic E-state index is 0.285. The van der Waals surface area contributed by atoms with Crippen molar-refractivity contribution in [2.24, 2.45) is 0 Å². The van der Waals surface area contributed by atoms with E-state index in [2.05, 4.69) is 6.92 Å². The van der Waals surface area contributed by atoms with Crippen molar-refractivity contribution in [1.82, 2.24) is 0 Å². The molecule has 0 aliphatic carbocycles. The van der Waals surface area contributed by atoms with Gasteiger partial charge in [-0.1, -0.05) is 43.7 Å². The highest BCUT2D eigenvalue weighted by Gasteiger charge is 2.59. The maximum Gasteiger partial charge on any atom is 0.338 e. The first kappa shape index (κ1) is 15.0. The normalized spacial score (nSPS) is 24.4. The number of hydrogen-bond acceptors (Lipinski definition) is 4. The van der Waals surface area contributed by atoms with Gasteiger partial charge in [0.15, 0.2) is 6.10 Å². The van der Waals surface area contributed by atoms with Crippen LogP contribution in [0.25, 0.3) is 0 Å². The molecule has 0 bridgehead atoms. The lowest BCUT2D eigenvalue weighted by Gasteiger charge is -2.07. The molecule has 110 valence electrons. The fourth-order valence-corrected chi connectivity index (χ4v) is 2.10. The van der Waals surface area contributed by atoms with E-state index in [-0.39, 0.29) is 12.6 Å². The third-order valence-electron chi connectivity index (χ3n) is 3.48. The van der Waals surface area contributed by atoms with E-state index in [9.17, 15) is 4.79 Å². The Kier molecular flexibility index (Phi) is 5.15. The number of benzene rings is 1. The monoisotopic (exact) mass is 278 g/mol. The second-order valence-electron chi connectivity index (χ2n) is 5.10. The number of carbonyl (C=O) groups is 1. The number of rotatable bonds is 8. The molecule has 1 aliphatic heterocycles. The van der Waals surface area contributed by atoms with Crippen molar-refractivity contribution in [3.8, 4) is 0 Å². The smallest absolute Gasteiger partial charge is 0.338 e. The molecule has 0 aromatic heterocycles. The molecule has 0 saturated carbocycles. The van der Waals surface area contributed by atoms with E-state index >= 15 is 0 Å². The van der Waals surface area contributed by atoms with Crippen LogP contribution in [0.15, 0.2) is 30.3 Å². The van der Waals surface area contributed by atoms with Crippen molar-refractivity contribution >= 4 is 5.97 Å². The average molecular weight is 278 g/mol. The van der Waals surface area contributed by atoms with Gasteiger partial charge in [-0.15, -0.1) is 0 Å². The largest absolute Gasteiger partial charge is 0.461 e. The van der Waals surface area contributed by atoms with Crippen LogP contribution in [0, 0.1) is 0 Å². The number of ether oxygens (including phenoxy) is 3. The first-order valence-electron chi connectivity index (χ1n) is 7.16. The van der Waals surface area contributed by atoms with E-state index in [1.807, 2.05) is 37.3 Å². The Balaban J connectivity index is 1.70. The summed E-state index contributed by atoms with van der Waals surface area (Å²) in [7, 11) is 0. The summed E-state index contributed by atoms with van der Waals surface area (Å²) in [6, 6.07) is 9.73. The van der Waals surface area contributed by atoms with Gasteiger partial charge >= 0.3 is 5.97 Å². The van der Waals surface area contributed by atoms with Crippen LogP contribution in [-0.2, 0) is 24.6 Å². The molecule has 20 heavy (non-hydrogen) atoms. The zero-order valence-electron chi connectivity index (χ0n) is 12.1. The molecule has 1 aromatic carbocycles. The minimum atomic E-state index is -0.540. The molecule has 1 aromatic rings. The maximum atomic E-state index is 11.9. The van der Waals surface area contributed by atoms with Crippen LogP contribution < -0.4 is 0 Å². The Morgan fingerprint density at radius 2 is 2.00 bits per heavy atom. The lowest BCUT2D eigenvalue weighted by molar-refractivity contribution is -0.146. The molecule has 0 amide bonds. The van der Waals surface area contributed by atoms with Crippen LogP contribution in [0.3, 0.4) is 0 Å². The average Bonchev–Trinajstić information content (AvgIpc) is 3.17. The molecule has 1 fully saturated rings. The van der Waals surface area contributed by atoms with Gasteiger partial charge in [-0.2, -0.15) is 0 Å². The Morgan fingerprint density at radius 3 is 2.70 bits per heavy atom. The summed E-state index contributed by atoms with van der Waals surface area (Å²) in [5.74, 6) is -0.310. The zero-order chi connectivity index (χ0) is 14.4. The van der Waals surface area contributed by atoms with Crippen LogP contribution in [0.4, 0.5) is 0 Å². The Bertz CT molecular complexity index is 431. The van der Waals surface area contributed by atoms with Crippen LogP contribution in [0.2, 0.25) is 0 Å². The summed E-state index contributed by atoms with van der Waals surface area (Å²) in [6.45, 7) is 5.47. The molecule has 4 nitrogen and oxygen atoms in total. The van der Waals surface area contributed by atoms with E-state index in [0.717, 1.165) is 25.0 Å². The van der Waals surface area contributed by atoms with Gasteiger partial charge in [0.25, 0.3) is 0 Å². The van der Waals surface area contributed by atoms with Gasteiger partial charge in [0.1, 0.15) is 12.2 Å². The van der Waals surface area contributed by atoms with Crippen LogP contribution in [0.1, 0.15) is 32.3 Å². The molecule has 1 saturated heterocycles. The van der Waals surface area contributed by atoms with Gasteiger partial charge in [0, 0.05) is 6.61 Å². The molecular weight excluding hydrogens is 256 g/mol. The predicted octanol–water partition coefficient (Wildman–Crippen LogP) is 2.66. The molecule has 0 N–H and O–H groups in total. The molecule has 4 heteroatoms. The summed E-state index contributed by atoms with van der Waals surface area (Å²) >= 11 is 0. The molecular formula is C16H22O4. The van der Waals surface area contributed by atoms with E-state index in [1.54, 1.807) is 0 Å². The lowest BCUT2D eigenvalue weighted by Crippen LogP contribution is -2.20. The highest BCUT2D eigenvalue weighted by Crippen LogP contribution is 2.46. The quantitative estimate of drug-likeness (QED) is 0.417. The number of carbonyl (C=O) groups excluding carboxylic acids is 1. The first-order valence-corrected chi connectivity index (χ1v) is 7.16. The Hall–Kier alpha value is -1.39. The van der Waals surface area contributed by atoms with Crippen LogP contribution in [-0.4, -0.2) is 31.9 Å². The first-order chi connectivity index (χ1) is 9.68. The third-order valence-corrected chi connectivity index (χ3v) is 3.48. The zero-order valence-corrected chi connectivity index (χ0v) is 12.1. The molecule has 1 aliphatic rings. The van der Waals surface area contributed by atoms with Crippen LogP contribution >= 0.6 is 0 Å². The van der Waals surface area contributed by atoms with Gasteiger partial charge in [0.2, 0.25) is 0 Å². The Labute approximate surface area is 120 Å².